The molecule has 1 fully saturated rings. The Kier molecular flexibility index (Phi) is 7.27. The number of morpholine rings is 1. The lowest BCUT2D eigenvalue weighted by Crippen LogP contribution is -2.41. The molecule has 0 atom stereocenters. The van der Waals surface area contributed by atoms with Crippen LogP contribution in [-0.4, -0.2) is 62.6 Å². The Bertz CT molecular complexity index is 1360. The maximum Gasteiger partial charge on any atom is 0.276 e. The molecule has 0 unspecified atom stereocenters. The first kappa shape index (κ1) is 24.3. The molecule has 3 heterocycles. The van der Waals surface area contributed by atoms with E-state index < -0.39 is 5.91 Å². The summed E-state index contributed by atoms with van der Waals surface area (Å²) in [7, 11) is 0. The number of amides is 2. The van der Waals surface area contributed by atoms with Crippen LogP contribution in [0, 0.1) is 0 Å². The zero-order valence-electron chi connectivity index (χ0n) is 20.5. The fourth-order valence-electron chi connectivity index (χ4n) is 4.11. The lowest BCUT2D eigenvalue weighted by molar-refractivity contribution is 0.0295. The average Bonchev–Trinajstić information content (AvgIpc) is 3.60. The molecule has 2 amide bonds. The average molecular weight is 501 g/mol. The number of carbonyl (C=O) groups is 2. The number of benzene rings is 2. The summed E-state index contributed by atoms with van der Waals surface area (Å²) in [6.07, 6.45) is 3.16. The Hall–Kier alpha value is -4.44. The first-order chi connectivity index (χ1) is 18.1. The van der Waals surface area contributed by atoms with Gasteiger partial charge in [0.25, 0.3) is 11.8 Å². The molecule has 0 spiro atoms. The molecule has 37 heavy (non-hydrogen) atoms. The van der Waals surface area contributed by atoms with Gasteiger partial charge >= 0.3 is 0 Å². The molecular formula is C27H28N6O4. The van der Waals surface area contributed by atoms with E-state index in [2.05, 4.69) is 27.6 Å². The van der Waals surface area contributed by atoms with Gasteiger partial charge in [0.1, 0.15) is 11.4 Å². The predicted octanol–water partition coefficient (Wildman–Crippen LogP) is 3.53. The first-order valence-electron chi connectivity index (χ1n) is 12.2. The number of anilines is 1. The van der Waals surface area contributed by atoms with Crippen molar-refractivity contribution in [2.75, 3.05) is 31.6 Å². The van der Waals surface area contributed by atoms with Crippen molar-refractivity contribution >= 4 is 17.5 Å². The van der Waals surface area contributed by atoms with Crippen LogP contribution in [0.1, 0.15) is 27.9 Å². The molecule has 0 aliphatic carbocycles. The minimum absolute atomic E-state index is 0.145. The summed E-state index contributed by atoms with van der Waals surface area (Å²) in [6.45, 7) is 4.52. The van der Waals surface area contributed by atoms with Crippen LogP contribution in [0.25, 0.3) is 11.1 Å². The number of nitrogens with one attached hydrogen (secondary N) is 1. The van der Waals surface area contributed by atoms with E-state index in [4.69, 9.17) is 9.47 Å². The number of hydrogen-bond donors (Lipinski definition) is 1. The molecule has 0 bridgehead atoms. The summed E-state index contributed by atoms with van der Waals surface area (Å²) < 4.78 is 14.3. The highest BCUT2D eigenvalue weighted by Crippen LogP contribution is 2.22. The highest BCUT2D eigenvalue weighted by Gasteiger charge is 2.26. The van der Waals surface area contributed by atoms with Gasteiger partial charge in [0.05, 0.1) is 25.1 Å². The molecule has 1 aliphatic heterocycles. The number of aromatic nitrogens is 4. The predicted molar refractivity (Wildman–Crippen MR) is 137 cm³/mol. The third-order valence-corrected chi connectivity index (χ3v) is 6.09. The Morgan fingerprint density at radius 3 is 2.46 bits per heavy atom. The van der Waals surface area contributed by atoms with Crippen LogP contribution in [0.4, 0.5) is 5.69 Å². The van der Waals surface area contributed by atoms with Gasteiger partial charge in [0.2, 0.25) is 0 Å². The number of carbonyl (C=O) groups excluding carboxylic acids is 2. The quantitative estimate of drug-likeness (QED) is 0.397. The molecule has 1 N–H and O–H groups in total. The molecule has 10 heteroatoms. The van der Waals surface area contributed by atoms with E-state index in [1.165, 1.54) is 10.9 Å². The van der Waals surface area contributed by atoms with Gasteiger partial charge in [-0.3, -0.25) is 14.3 Å². The maximum atomic E-state index is 13.1. The van der Waals surface area contributed by atoms with E-state index in [9.17, 15) is 9.59 Å². The number of aryl methyl sites for hydroxylation is 1. The molecule has 190 valence electrons. The zero-order valence-corrected chi connectivity index (χ0v) is 20.5. The summed E-state index contributed by atoms with van der Waals surface area (Å²) in [4.78, 5) is 27.7. The van der Waals surface area contributed by atoms with E-state index >= 15 is 0 Å². The van der Waals surface area contributed by atoms with Gasteiger partial charge in [-0.05, 0) is 36.2 Å². The molecular weight excluding hydrogens is 472 g/mol. The molecule has 1 aliphatic rings. The minimum atomic E-state index is -0.433. The number of nitrogens with zero attached hydrogens (tertiary/aromatic N) is 5. The monoisotopic (exact) mass is 500 g/mol. The fourth-order valence-corrected chi connectivity index (χ4v) is 4.11. The van der Waals surface area contributed by atoms with Crippen molar-refractivity contribution in [2.24, 2.45) is 0 Å². The van der Waals surface area contributed by atoms with E-state index in [1.807, 2.05) is 49.4 Å². The second-order valence-corrected chi connectivity index (χ2v) is 8.49. The van der Waals surface area contributed by atoms with Crippen molar-refractivity contribution in [1.29, 1.82) is 0 Å². The SMILES string of the molecule is CCn1ncc(NC(=O)c2ccn(COc3ccc(-c4ccccc4)cc3)n2)c1C(=O)N1CCOCC1. The van der Waals surface area contributed by atoms with Gasteiger partial charge in [-0.1, -0.05) is 42.5 Å². The number of rotatable bonds is 8. The lowest BCUT2D eigenvalue weighted by Gasteiger charge is -2.27. The van der Waals surface area contributed by atoms with Gasteiger partial charge < -0.3 is 19.7 Å². The largest absolute Gasteiger partial charge is 0.471 e. The van der Waals surface area contributed by atoms with Crippen LogP contribution in [-0.2, 0) is 18.0 Å². The van der Waals surface area contributed by atoms with Gasteiger partial charge in [-0.25, -0.2) is 4.68 Å². The van der Waals surface area contributed by atoms with Gasteiger partial charge in [-0.15, -0.1) is 0 Å². The van der Waals surface area contributed by atoms with Crippen molar-refractivity contribution in [3.63, 3.8) is 0 Å². The molecule has 2 aromatic heterocycles. The number of hydrogen-bond acceptors (Lipinski definition) is 6. The second kappa shape index (κ2) is 11.1. The molecule has 10 nitrogen and oxygen atoms in total. The Labute approximate surface area is 214 Å². The van der Waals surface area contributed by atoms with Crippen molar-refractivity contribution in [2.45, 2.75) is 20.2 Å². The Balaban J connectivity index is 1.21. The van der Waals surface area contributed by atoms with Crippen LogP contribution in [0.5, 0.6) is 5.75 Å². The summed E-state index contributed by atoms with van der Waals surface area (Å²) in [5.74, 6) is 0.0761. The maximum absolute atomic E-state index is 13.1. The standard InChI is InChI=1S/C27H28N6O4/c1-2-33-25(27(35)31-14-16-36-17-15-31)24(18-28-33)29-26(34)23-12-13-32(30-23)19-37-22-10-8-21(9-11-22)20-6-4-3-5-7-20/h3-13,18H,2,14-17,19H2,1H3,(H,29,34). The highest BCUT2D eigenvalue weighted by molar-refractivity contribution is 6.07. The van der Waals surface area contributed by atoms with E-state index in [0.29, 0.717) is 50.0 Å². The Morgan fingerprint density at radius 2 is 1.73 bits per heavy atom. The summed E-state index contributed by atoms with van der Waals surface area (Å²) in [5, 5.41) is 11.4. The second-order valence-electron chi connectivity index (χ2n) is 8.49. The van der Waals surface area contributed by atoms with Crippen LogP contribution in [0.15, 0.2) is 73.1 Å². The van der Waals surface area contributed by atoms with E-state index in [1.54, 1.807) is 21.8 Å². The Morgan fingerprint density at radius 1 is 1.00 bits per heavy atom. The van der Waals surface area contributed by atoms with Crippen LogP contribution < -0.4 is 10.1 Å². The van der Waals surface area contributed by atoms with Crippen molar-refractivity contribution in [1.82, 2.24) is 24.5 Å². The normalized spacial score (nSPS) is 13.4. The highest BCUT2D eigenvalue weighted by atomic mass is 16.5. The molecule has 5 rings (SSSR count). The lowest BCUT2D eigenvalue weighted by atomic mass is 10.1. The van der Waals surface area contributed by atoms with Gasteiger partial charge in [0.15, 0.2) is 12.4 Å². The topological polar surface area (TPSA) is 104 Å². The minimum Gasteiger partial charge on any atom is -0.471 e. The molecule has 0 radical (unpaired) electrons. The van der Waals surface area contributed by atoms with Crippen molar-refractivity contribution in [3.05, 3.63) is 84.4 Å². The number of ether oxygens (including phenoxy) is 2. The van der Waals surface area contributed by atoms with Gasteiger partial charge in [0, 0.05) is 25.8 Å². The summed E-state index contributed by atoms with van der Waals surface area (Å²) >= 11 is 0. The van der Waals surface area contributed by atoms with E-state index in [-0.39, 0.29) is 18.3 Å². The van der Waals surface area contributed by atoms with Crippen LogP contribution in [0.3, 0.4) is 0 Å². The third kappa shape index (κ3) is 5.54. The summed E-state index contributed by atoms with van der Waals surface area (Å²) in [5.41, 5.74) is 3.14. The third-order valence-electron chi connectivity index (χ3n) is 6.09. The fraction of sp³-hybridized carbons (Fsp3) is 0.259. The smallest absolute Gasteiger partial charge is 0.276 e. The molecule has 1 saturated heterocycles. The van der Waals surface area contributed by atoms with Crippen molar-refractivity contribution < 1.29 is 19.1 Å². The van der Waals surface area contributed by atoms with E-state index in [0.717, 1.165) is 11.1 Å². The molecule has 0 saturated carbocycles. The van der Waals surface area contributed by atoms with Crippen molar-refractivity contribution in [3.8, 4) is 16.9 Å². The van der Waals surface area contributed by atoms with Gasteiger partial charge in [-0.2, -0.15) is 10.2 Å². The molecule has 2 aromatic carbocycles. The van der Waals surface area contributed by atoms with Crippen LogP contribution in [0.2, 0.25) is 0 Å². The first-order valence-corrected chi connectivity index (χ1v) is 12.2. The summed E-state index contributed by atoms with van der Waals surface area (Å²) in [6, 6.07) is 19.5. The zero-order chi connectivity index (χ0) is 25.6. The van der Waals surface area contributed by atoms with Crippen LogP contribution >= 0.6 is 0 Å². The molecule has 4 aromatic rings.